The summed E-state index contributed by atoms with van der Waals surface area (Å²) in [7, 11) is 1.64. The number of halogens is 2. The molecule has 6 nitrogen and oxygen atoms in total. The number of aliphatic imine (C=N–C) groups is 1. The second-order valence-electron chi connectivity index (χ2n) is 6.27. The third-order valence-corrected chi connectivity index (χ3v) is 4.57. The van der Waals surface area contributed by atoms with Gasteiger partial charge in [-0.05, 0) is 41.3 Å². The van der Waals surface area contributed by atoms with Crippen LogP contribution in [0.4, 0.5) is 10.2 Å². The van der Waals surface area contributed by atoms with Crippen LogP contribution in [0.2, 0.25) is 5.02 Å². The van der Waals surface area contributed by atoms with Gasteiger partial charge in [0, 0.05) is 43.4 Å². The molecule has 0 radical (unpaired) electrons. The first-order valence-corrected chi connectivity index (χ1v) is 9.21. The largest absolute Gasteiger partial charge is 0.348 e. The second-order valence-corrected chi connectivity index (χ2v) is 6.67. The molecule has 0 aliphatic rings. The molecule has 3 N–H and O–H groups in total. The van der Waals surface area contributed by atoms with Crippen molar-refractivity contribution < 1.29 is 9.18 Å². The molecule has 1 aromatic heterocycles. The van der Waals surface area contributed by atoms with Gasteiger partial charge in [0.25, 0.3) is 5.91 Å². The molecule has 3 rings (SSSR count). The highest BCUT2D eigenvalue weighted by Gasteiger charge is 2.09. The number of aromatic nitrogens is 1. The summed E-state index contributed by atoms with van der Waals surface area (Å²) in [6.07, 6.45) is 3.34. The van der Waals surface area contributed by atoms with Crippen LogP contribution >= 0.6 is 11.6 Å². The monoisotopic (exact) mass is 411 g/mol. The number of carbonyl (C=O) groups is 1. The van der Waals surface area contributed by atoms with Gasteiger partial charge in [0.15, 0.2) is 0 Å². The number of pyridine rings is 1. The third-order valence-electron chi connectivity index (χ3n) is 4.26. The van der Waals surface area contributed by atoms with E-state index in [4.69, 9.17) is 17.0 Å². The topological polar surface area (TPSA) is 90.2 Å². The van der Waals surface area contributed by atoms with Crippen LogP contribution in [0, 0.1) is 11.2 Å². The van der Waals surface area contributed by atoms with Crippen LogP contribution in [0.5, 0.6) is 0 Å². The Balaban J connectivity index is 1.75. The summed E-state index contributed by atoms with van der Waals surface area (Å²) in [5.74, 6) is 0.410. The molecular formula is C21H19ClFN5O. The highest BCUT2D eigenvalue weighted by molar-refractivity contribution is 6.30. The summed E-state index contributed by atoms with van der Waals surface area (Å²) < 4.78 is 13.5. The number of amides is 1. The SMILES string of the molecule is CN=C(CC=N)Nc1cc2cc(C(=O)NCc3ccc(Cl)c(F)c3)ccc2cn1. The van der Waals surface area contributed by atoms with E-state index in [0.29, 0.717) is 29.2 Å². The predicted molar refractivity (Wildman–Crippen MR) is 115 cm³/mol. The smallest absolute Gasteiger partial charge is 0.251 e. The van der Waals surface area contributed by atoms with E-state index in [2.05, 4.69) is 20.6 Å². The van der Waals surface area contributed by atoms with Crippen molar-refractivity contribution in [3.63, 3.8) is 0 Å². The molecule has 8 heteroatoms. The van der Waals surface area contributed by atoms with Gasteiger partial charge in [0.2, 0.25) is 0 Å². The summed E-state index contributed by atoms with van der Waals surface area (Å²) in [6.45, 7) is 0.189. The minimum atomic E-state index is -0.519. The van der Waals surface area contributed by atoms with Gasteiger partial charge >= 0.3 is 0 Å². The van der Waals surface area contributed by atoms with Crippen molar-refractivity contribution in [3.8, 4) is 0 Å². The Morgan fingerprint density at radius 3 is 2.79 bits per heavy atom. The fraction of sp³-hybridized carbons (Fsp3) is 0.143. The first-order valence-electron chi connectivity index (χ1n) is 8.83. The zero-order valence-electron chi connectivity index (χ0n) is 15.7. The van der Waals surface area contributed by atoms with E-state index in [1.807, 2.05) is 12.1 Å². The average molecular weight is 412 g/mol. The molecule has 0 aliphatic heterocycles. The normalized spacial score (nSPS) is 11.3. The Hall–Kier alpha value is -3.32. The zero-order chi connectivity index (χ0) is 20.8. The van der Waals surface area contributed by atoms with Crippen LogP contribution in [-0.2, 0) is 6.54 Å². The van der Waals surface area contributed by atoms with Gasteiger partial charge in [-0.15, -0.1) is 0 Å². The molecule has 1 amide bonds. The van der Waals surface area contributed by atoms with Crippen molar-refractivity contribution in [1.82, 2.24) is 10.3 Å². The van der Waals surface area contributed by atoms with Crippen LogP contribution in [0.1, 0.15) is 22.3 Å². The molecule has 29 heavy (non-hydrogen) atoms. The molecule has 0 unspecified atom stereocenters. The summed E-state index contributed by atoms with van der Waals surface area (Å²) in [5, 5.41) is 14.8. The van der Waals surface area contributed by atoms with Gasteiger partial charge in [-0.2, -0.15) is 0 Å². The van der Waals surface area contributed by atoms with E-state index >= 15 is 0 Å². The number of nitrogens with zero attached hydrogens (tertiary/aromatic N) is 2. The lowest BCUT2D eigenvalue weighted by atomic mass is 10.1. The number of anilines is 1. The number of carbonyl (C=O) groups excluding carboxylic acids is 1. The van der Waals surface area contributed by atoms with E-state index in [-0.39, 0.29) is 17.5 Å². The van der Waals surface area contributed by atoms with Crippen molar-refractivity contribution in [1.29, 1.82) is 5.41 Å². The van der Waals surface area contributed by atoms with Crippen LogP contribution < -0.4 is 10.6 Å². The van der Waals surface area contributed by atoms with Crippen molar-refractivity contribution in [2.75, 3.05) is 12.4 Å². The Morgan fingerprint density at radius 2 is 2.07 bits per heavy atom. The van der Waals surface area contributed by atoms with Crippen molar-refractivity contribution in [2.45, 2.75) is 13.0 Å². The Morgan fingerprint density at radius 1 is 1.24 bits per heavy atom. The number of rotatable bonds is 6. The van der Waals surface area contributed by atoms with Gasteiger partial charge in [-0.25, -0.2) is 9.37 Å². The maximum Gasteiger partial charge on any atom is 0.251 e. The summed E-state index contributed by atoms with van der Waals surface area (Å²) in [4.78, 5) is 20.9. The van der Waals surface area contributed by atoms with Crippen molar-refractivity contribution in [2.24, 2.45) is 4.99 Å². The van der Waals surface area contributed by atoms with E-state index in [9.17, 15) is 9.18 Å². The molecule has 3 aromatic rings. The molecule has 148 valence electrons. The maximum atomic E-state index is 13.5. The maximum absolute atomic E-state index is 13.5. The van der Waals surface area contributed by atoms with Gasteiger partial charge < -0.3 is 16.0 Å². The van der Waals surface area contributed by atoms with Crippen LogP contribution in [-0.4, -0.2) is 30.0 Å². The predicted octanol–water partition coefficient (Wildman–Crippen LogP) is 4.44. The standard InChI is InChI=1S/C21H19ClFN5O/c1-25-19(6-7-24)28-20-10-16-9-14(3-4-15(16)12-26-20)21(29)27-11-13-2-5-17(22)18(23)8-13/h2-5,7-10,12,24H,6,11H2,1H3,(H,27,29)(H,25,26,28). The number of fused-ring (bicyclic) bond motifs is 1. The highest BCUT2D eigenvalue weighted by Crippen LogP contribution is 2.19. The molecule has 0 saturated heterocycles. The molecule has 0 bridgehead atoms. The minimum Gasteiger partial charge on any atom is -0.348 e. The van der Waals surface area contributed by atoms with E-state index in [0.717, 1.165) is 10.8 Å². The van der Waals surface area contributed by atoms with Crippen LogP contribution in [0.15, 0.2) is 53.7 Å². The van der Waals surface area contributed by atoms with E-state index < -0.39 is 5.82 Å². The van der Waals surface area contributed by atoms with E-state index in [1.54, 1.807) is 31.4 Å². The lowest BCUT2D eigenvalue weighted by molar-refractivity contribution is 0.0951. The highest BCUT2D eigenvalue weighted by atomic mass is 35.5. The zero-order valence-corrected chi connectivity index (χ0v) is 16.4. The number of nitrogens with one attached hydrogen (secondary N) is 3. The van der Waals surface area contributed by atoms with E-state index in [1.165, 1.54) is 18.3 Å². The number of benzene rings is 2. The second kappa shape index (κ2) is 9.25. The molecule has 0 atom stereocenters. The third kappa shape index (κ3) is 5.14. The fourth-order valence-electron chi connectivity index (χ4n) is 2.73. The Kier molecular flexibility index (Phi) is 6.51. The van der Waals surface area contributed by atoms with Gasteiger partial charge in [-0.3, -0.25) is 9.79 Å². The number of hydrogen-bond donors (Lipinski definition) is 3. The lowest BCUT2D eigenvalue weighted by Crippen LogP contribution is -2.22. The molecular weight excluding hydrogens is 393 g/mol. The van der Waals surface area contributed by atoms with Gasteiger partial charge in [-0.1, -0.05) is 23.7 Å². The molecule has 0 fully saturated rings. The van der Waals surface area contributed by atoms with Gasteiger partial charge in [0.05, 0.1) is 5.02 Å². The fourth-order valence-corrected chi connectivity index (χ4v) is 2.84. The first kappa shape index (κ1) is 20.4. The van der Waals surface area contributed by atoms with Crippen LogP contribution in [0.25, 0.3) is 10.8 Å². The molecule has 0 aliphatic carbocycles. The van der Waals surface area contributed by atoms with Gasteiger partial charge in [0.1, 0.15) is 17.5 Å². The molecule has 0 saturated carbocycles. The first-order chi connectivity index (χ1) is 14.0. The summed E-state index contributed by atoms with van der Waals surface area (Å²) >= 11 is 5.67. The molecule has 0 spiro atoms. The Labute approximate surface area is 172 Å². The van der Waals surface area contributed by atoms with Crippen molar-refractivity contribution in [3.05, 3.63) is 70.6 Å². The average Bonchev–Trinajstić information content (AvgIpc) is 2.73. The summed E-state index contributed by atoms with van der Waals surface area (Å²) in [5.41, 5.74) is 1.10. The minimum absolute atomic E-state index is 0.0459. The number of amidine groups is 1. The Bertz CT molecular complexity index is 1100. The molecule has 1 heterocycles. The molecule has 2 aromatic carbocycles. The van der Waals surface area contributed by atoms with Crippen LogP contribution in [0.3, 0.4) is 0 Å². The summed E-state index contributed by atoms with van der Waals surface area (Å²) in [6, 6.07) is 11.5. The quantitative estimate of drug-likeness (QED) is 0.413. The lowest BCUT2D eigenvalue weighted by Gasteiger charge is -2.09. The number of hydrogen-bond acceptors (Lipinski definition) is 4. The van der Waals surface area contributed by atoms with Crippen molar-refractivity contribution >= 4 is 46.1 Å².